The van der Waals surface area contributed by atoms with Gasteiger partial charge in [-0.25, -0.2) is 9.59 Å². The molecule has 0 aliphatic carbocycles. The van der Waals surface area contributed by atoms with Gasteiger partial charge in [0.2, 0.25) is 0 Å². The van der Waals surface area contributed by atoms with Crippen LogP contribution in [0.5, 0.6) is 0 Å². The SMILES string of the molecule is C=C(C)C(=O)OCCC.C=C(CC)C(=O)OCC. The molecule has 0 N–H and O–H groups in total. The number of hydrogen-bond donors (Lipinski definition) is 0. The molecule has 0 amide bonds. The summed E-state index contributed by atoms with van der Waals surface area (Å²) in [6.45, 7) is 15.1. The van der Waals surface area contributed by atoms with Gasteiger partial charge in [0.25, 0.3) is 0 Å². The fraction of sp³-hybridized carbons (Fsp3) is 0.571. The largest absolute Gasteiger partial charge is 0.463 e. The Morgan fingerprint density at radius 3 is 1.89 bits per heavy atom. The molecule has 104 valence electrons. The molecule has 0 unspecified atom stereocenters. The van der Waals surface area contributed by atoms with Crippen LogP contribution in [0.1, 0.15) is 40.5 Å². The summed E-state index contributed by atoms with van der Waals surface area (Å²) in [5.74, 6) is -0.572. The molecular formula is C14H24O4. The number of esters is 2. The smallest absolute Gasteiger partial charge is 0.333 e. The molecule has 0 saturated heterocycles. The quantitative estimate of drug-likeness (QED) is 0.541. The van der Waals surface area contributed by atoms with Gasteiger partial charge in [0.1, 0.15) is 0 Å². The van der Waals surface area contributed by atoms with Gasteiger partial charge in [-0.15, -0.1) is 0 Å². The van der Waals surface area contributed by atoms with Crippen molar-refractivity contribution >= 4 is 11.9 Å². The predicted molar refractivity (Wildman–Crippen MR) is 72.1 cm³/mol. The maximum atomic E-state index is 10.7. The lowest BCUT2D eigenvalue weighted by Crippen LogP contribution is -2.05. The zero-order chi connectivity index (χ0) is 14.6. The molecule has 0 radical (unpaired) electrons. The van der Waals surface area contributed by atoms with Crippen LogP contribution in [0.4, 0.5) is 0 Å². The van der Waals surface area contributed by atoms with Crippen LogP contribution >= 0.6 is 0 Å². The van der Waals surface area contributed by atoms with Crippen molar-refractivity contribution in [3.05, 3.63) is 24.3 Å². The summed E-state index contributed by atoms with van der Waals surface area (Å²) in [6, 6.07) is 0. The second-order valence-electron chi connectivity index (χ2n) is 3.59. The lowest BCUT2D eigenvalue weighted by molar-refractivity contribution is -0.139. The molecule has 0 aliphatic heterocycles. The zero-order valence-electron chi connectivity index (χ0n) is 11.9. The van der Waals surface area contributed by atoms with Gasteiger partial charge in [0, 0.05) is 11.1 Å². The minimum atomic E-state index is -0.295. The van der Waals surface area contributed by atoms with Gasteiger partial charge in [-0.3, -0.25) is 0 Å². The average Bonchev–Trinajstić information content (AvgIpc) is 2.35. The highest BCUT2D eigenvalue weighted by atomic mass is 16.5. The Bertz CT molecular complexity index is 290. The molecule has 0 aliphatic rings. The van der Waals surface area contributed by atoms with Crippen LogP contribution in [-0.2, 0) is 19.1 Å². The fourth-order valence-corrected chi connectivity index (χ4v) is 0.695. The predicted octanol–water partition coefficient (Wildman–Crippen LogP) is 3.03. The van der Waals surface area contributed by atoms with Crippen molar-refractivity contribution in [2.75, 3.05) is 13.2 Å². The minimum Gasteiger partial charge on any atom is -0.463 e. The molecule has 0 atom stereocenters. The van der Waals surface area contributed by atoms with Crippen LogP contribution in [0.15, 0.2) is 24.3 Å². The van der Waals surface area contributed by atoms with Gasteiger partial charge in [-0.2, -0.15) is 0 Å². The Kier molecular flexibility index (Phi) is 12.4. The number of ether oxygens (including phenoxy) is 2. The summed E-state index contributed by atoms with van der Waals surface area (Å²) in [4.78, 5) is 21.2. The highest BCUT2D eigenvalue weighted by Crippen LogP contribution is 1.98. The van der Waals surface area contributed by atoms with Crippen molar-refractivity contribution in [2.24, 2.45) is 0 Å². The Morgan fingerprint density at radius 1 is 1.00 bits per heavy atom. The molecule has 18 heavy (non-hydrogen) atoms. The van der Waals surface area contributed by atoms with E-state index in [0.29, 0.717) is 30.8 Å². The number of carbonyl (C=O) groups excluding carboxylic acids is 2. The van der Waals surface area contributed by atoms with E-state index in [1.165, 1.54) is 0 Å². The Hall–Kier alpha value is -1.58. The zero-order valence-corrected chi connectivity index (χ0v) is 11.9. The van der Waals surface area contributed by atoms with E-state index >= 15 is 0 Å². The molecular weight excluding hydrogens is 232 g/mol. The number of carbonyl (C=O) groups is 2. The first-order chi connectivity index (χ1) is 8.40. The van der Waals surface area contributed by atoms with Crippen LogP contribution in [0.3, 0.4) is 0 Å². The summed E-state index contributed by atoms with van der Waals surface area (Å²) in [5.41, 5.74) is 1.00. The number of rotatable bonds is 6. The molecule has 0 spiro atoms. The van der Waals surface area contributed by atoms with Gasteiger partial charge in [-0.05, 0) is 26.7 Å². The third-order valence-corrected chi connectivity index (χ3v) is 1.78. The van der Waals surface area contributed by atoms with Crippen LogP contribution in [0.25, 0.3) is 0 Å². The molecule has 0 aromatic carbocycles. The first-order valence-corrected chi connectivity index (χ1v) is 6.08. The van der Waals surface area contributed by atoms with Crippen molar-refractivity contribution in [3.63, 3.8) is 0 Å². The van der Waals surface area contributed by atoms with Crippen molar-refractivity contribution in [3.8, 4) is 0 Å². The third kappa shape index (κ3) is 10.9. The van der Waals surface area contributed by atoms with Crippen LogP contribution in [0.2, 0.25) is 0 Å². The van der Waals surface area contributed by atoms with Crippen molar-refractivity contribution in [1.82, 2.24) is 0 Å². The topological polar surface area (TPSA) is 52.6 Å². The standard InChI is InChI=1S/2C7H12O2/c1-4-5-9-7(8)6(2)3;1-4-6(3)7(8)9-5-2/h2,4-5H2,1,3H3;3-5H2,1-2H3. The first kappa shape index (κ1) is 18.8. The van der Waals surface area contributed by atoms with E-state index < -0.39 is 0 Å². The van der Waals surface area contributed by atoms with E-state index in [2.05, 4.69) is 17.9 Å². The molecule has 0 fully saturated rings. The fourth-order valence-electron chi connectivity index (χ4n) is 0.695. The highest BCUT2D eigenvalue weighted by Gasteiger charge is 2.02. The Balaban J connectivity index is 0. The average molecular weight is 256 g/mol. The normalized spacial score (nSPS) is 8.67. The minimum absolute atomic E-state index is 0.278. The van der Waals surface area contributed by atoms with E-state index in [-0.39, 0.29) is 11.9 Å². The summed E-state index contributed by atoms with van der Waals surface area (Å²) in [7, 11) is 0. The van der Waals surface area contributed by atoms with Gasteiger partial charge in [0.15, 0.2) is 0 Å². The van der Waals surface area contributed by atoms with Gasteiger partial charge in [0.05, 0.1) is 13.2 Å². The van der Waals surface area contributed by atoms with Crippen LogP contribution in [0, 0.1) is 0 Å². The third-order valence-electron chi connectivity index (χ3n) is 1.78. The van der Waals surface area contributed by atoms with Gasteiger partial charge in [-0.1, -0.05) is 27.0 Å². The van der Waals surface area contributed by atoms with E-state index in [4.69, 9.17) is 4.74 Å². The van der Waals surface area contributed by atoms with E-state index in [1.54, 1.807) is 13.8 Å². The van der Waals surface area contributed by atoms with Crippen molar-refractivity contribution in [2.45, 2.75) is 40.5 Å². The Labute approximate surface area is 110 Å². The molecule has 0 aromatic heterocycles. The monoisotopic (exact) mass is 256 g/mol. The first-order valence-electron chi connectivity index (χ1n) is 6.08. The molecule has 0 bridgehead atoms. The molecule has 4 heteroatoms. The lowest BCUT2D eigenvalue weighted by atomic mass is 10.2. The van der Waals surface area contributed by atoms with E-state index in [0.717, 1.165) is 6.42 Å². The Morgan fingerprint density at radius 2 is 1.56 bits per heavy atom. The molecule has 4 nitrogen and oxygen atoms in total. The second kappa shape index (κ2) is 11.9. The maximum Gasteiger partial charge on any atom is 0.333 e. The van der Waals surface area contributed by atoms with Crippen molar-refractivity contribution < 1.29 is 19.1 Å². The van der Waals surface area contributed by atoms with Gasteiger partial charge >= 0.3 is 11.9 Å². The lowest BCUT2D eigenvalue weighted by Gasteiger charge is -1.99. The van der Waals surface area contributed by atoms with E-state index in [9.17, 15) is 9.59 Å². The second-order valence-corrected chi connectivity index (χ2v) is 3.59. The highest BCUT2D eigenvalue weighted by molar-refractivity contribution is 5.87. The summed E-state index contributed by atoms with van der Waals surface area (Å²) < 4.78 is 9.37. The number of hydrogen-bond acceptors (Lipinski definition) is 4. The maximum absolute atomic E-state index is 10.7. The van der Waals surface area contributed by atoms with Crippen molar-refractivity contribution in [1.29, 1.82) is 0 Å². The summed E-state index contributed by atoms with van der Waals surface area (Å²) in [6.07, 6.45) is 1.53. The molecule has 0 rings (SSSR count). The van der Waals surface area contributed by atoms with Crippen LogP contribution in [-0.4, -0.2) is 25.2 Å². The van der Waals surface area contributed by atoms with Gasteiger partial charge < -0.3 is 9.47 Å². The molecule has 0 aromatic rings. The van der Waals surface area contributed by atoms with Crippen LogP contribution < -0.4 is 0 Å². The molecule has 0 saturated carbocycles. The van der Waals surface area contributed by atoms with E-state index in [1.807, 2.05) is 13.8 Å². The summed E-state index contributed by atoms with van der Waals surface area (Å²) in [5, 5.41) is 0. The molecule has 0 heterocycles. The summed E-state index contributed by atoms with van der Waals surface area (Å²) >= 11 is 0.